The van der Waals surface area contributed by atoms with Gasteiger partial charge in [-0.15, -0.1) is 0 Å². The number of H-pyrrole nitrogens is 1. The number of likely N-dealkylation sites (tertiary alicyclic amines) is 1. The molecule has 0 saturated carbocycles. The number of rotatable bonds is 5. The number of aromatic amines is 1. The van der Waals surface area contributed by atoms with Crippen molar-refractivity contribution in [3.05, 3.63) is 48.2 Å². The first-order chi connectivity index (χ1) is 13.1. The Morgan fingerprint density at radius 3 is 2.44 bits per heavy atom. The second-order valence-corrected chi connectivity index (χ2v) is 6.75. The van der Waals surface area contributed by atoms with Crippen molar-refractivity contribution in [2.75, 3.05) is 13.2 Å². The third-order valence-corrected chi connectivity index (χ3v) is 5.14. The van der Waals surface area contributed by atoms with Gasteiger partial charge in [0.25, 0.3) is 0 Å². The van der Waals surface area contributed by atoms with Gasteiger partial charge in [0.1, 0.15) is 6.54 Å². The average molecular weight is 366 g/mol. The highest BCUT2D eigenvalue weighted by molar-refractivity contribution is 6.09. The number of nitrogens with one attached hydrogen (secondary N) is 1. The Hall–Kier alpha value is -3.22. The van der Waals surface area contributed by atoms with E-state index in [4.69, 9.17) is 4.74 Å². The summed E-state index contributed by atoms with van der Waals surface area (Å²) in [7, 11) is 0. The lowest BCUT2D eigenvalue weighted by Gasteiger charge is -2.14. The van der Waals surface area contributed by atoms with Crippen LogP contribution in [0.25, 0.3) is 10.9 Å². The van der Waals surface area contributed by atoms with Crippen LogP contribution in [0.15, 0.2) is 42.6 Å². The molecule has 2 aromatic rings. The Bertz CT molecular complexity index is 948. The Morgan fingerprint density at radius 1 is 1.07 bits per heavy atom. The van der Waals surface area contributed by atoms with Gasteiger partial charge in [0.05, 0.1) is 11.8 Å². The van der Waals surface area contributed by atoms with Crippen LogP contribution < -0.4 is 0 Å². The fourth-order valence-corrected chi connectivity index (χ4v) is 3.73. The summed E-state index contributed by atoms with van der Waals surface area (Å²) in [4.78, 5) is 53.1. The molecule has 138 valence electrons. The monoisotopic (exact) mass is 366 g/mol. The number of benzene rings is 1. The van der Waals surface area contributed by atoms with Crippen molar-refractivity contribution >= 4 is 34.5 Å². The number of nitrogens with zero attached hydrogens (tertiary/aromatic N) is 1. The minimum atomic E-state index is -0.767. The van der Waals surface area contributed by atoms with E-state index in [1.807, 2.05) is 30.4 Å². The van der Waals surface area contributed by atoms with E-state index < -0.39 is 19.1 Å². The van der Waals surface area contributed by atoms with Crippen molar-refractivity contribution in [2.45, 2.75) is 12.8 Å². The Kier molecular flexibility index (Phi) is 4.35. The highest BCUT2D eigenvalue weighted by Gasteiger charge is 2.47. The Labute approximate surface area is 155 Å². The number of esters is 1. The molecule has 4 rings (SSSR count). The van der Waals surface area contributed by atoms with Gasteiger partial charge >= 0.3 is 5.97 Å². The predicted molar refractivity (Wildman–Crippen MR) is 95.7 cm³/mol. The van der Waals surface area contributed by atoms with E-state index >= 15 is 0 Å². The molecule has 7 heteroatoms. The molecule has 1 saturated heterocycles. The zero-order valence-corrected chi connectivity index (χ0v) is 14.5. The van der Waals surface area contributed by atoms with Gasteiger partial charge in [-0.2, -0.15) is 0 Å². The molecule has 0 bridgehead atoms. The zero-order chi connectivity index (χ0) is 19.0. The first-order valence-corrected chi connectivity index (χ1v) is 8.81. The number of amides is 2. The number of ether oxygens (including phenoxy) is 1. The number of ketones is 1. The van der Waals surface area contributed by atoms with Crippen LogP contribution in [-0.4, -0.2) is 46.6 Å². The van der Waals surface area contributed by atoms with Crippen molar-refractivity contribution in [2.24, 2.45) is 11.8 Å². The van der Waals surface area contributed by atoms with Crippen molar-refractivity contribution in [1.82, 2.24) is 9.88 Å². The molecule has 1 aromatic carbocycles. The molecule has 0 radical (unpaired) electrons. The van der Waals surface area contributed by atoms with E-state index in [0.29, 0.717) is 18.4 Å². The van der Waals surface area contributed by atoms with Crippen LogP contribution in [0, 0.1) is 11.8 Å². The summed E-state index contributed by atoms with van der Waals surface area (Å²) in [5.74, 6) is -2.57. The molecule has 0 unspecified atom stereocenters. The summed E-state index contributed by atoms with van der Waals surface area (Å²) in [5.41, 5.74) is 1.25. The first-order valence-electron chi connectivity index (χ1n) is 8.81. The number of carbonyl (C=O) groups excluding carboxylic acids is 4. The van der Waals surface area contributed by atoms with Crippen molar-refractivity contribution in [1.29, 1.82) is 0 Å². The van der Waals surface area contributed by atoms with Crippen molar-refractivity contribution < 1.29 is 23.9 Å². The first kappa shape index (κ1) is 17.2. The van der Waals surface area contributed by atoms with E-state index in [1.165, 1.54) is 0 Å². The normalized spacial score (nSPS) is 21.6. The smallest absolute Gasteiger partial charge is 0.326 e. The van der Waals surface area contributed by atoms with Gasteiger partial charge in [0.2, 0.25) is 17.6 Å². The second kappa shape index (κ2) is 6.83. The van der Waals surface area contributed by atoms with Crippen LogP contribution in [0.3, 0.4) is 0 Å². The summed E-state index contributed by atoms with van der Waals surface area (Å²) in [6.45, 7) is -0.892. The highest BCUT2D eigenvalue weighted by Crippen LogP contribution is 2.34. The summed E-state index contributed by atoms with van der Waals surface area (Å²) in [5, 5.41) is 0.750. The lowest BCUT2D eigenvalue weighted by molar-refractivity contribution is -0.152. The summed E-state index contributed by atoms with van der Waals surface area (Å²) < 4.78 is 5.02. The van der Waals surface area contributed by atoms with Crippen LogP contribution in [0.1, 0.15) is 23.2 Å². The molecule has 2 heterocycles. The molecular formula is C20H18N2O5. The van der Waals surface area contributed by atoms with Crippen LogP contribution in [-0.2, 0) is 19.1 Å². The van der Waals surface area contributed by atoms with Gasteiger partial charge in [-0.25, -0.2) is 0 Å². The molecule has 1 aliphatic heterocycles. The van der Waals surface area contributed by atoms with E-state index in [0.717, 1.165) is 15.8 Å². The minimum absolute atomic E-state index is 0.339. The van der Waals surface area contributed by atoms with E-state index in [1.54, 1.807) is 12.3 Å². The quantitative estimate of drug-likeness (QED) is 0.377. The number of hydrogen-bond donors (Lipinski definition) is 1. The van der Waals surface area contributed by atoms with Crippen LogP contribution in [0.2, 0.25) is 0 Å². The lowest BCUT2D eigenvalue weighted by Crippen LogP contribution is -2.37. The fraction of sp³-hybridized carbons (Fsp3) is 0.300. The fourth-order valence-electron chi connectivity index (χ4n) is 3.73. The van der Waals surface area contributed by atoms with Crippen molar-refractivity contribution in [3.63, 3.8) is 0 Å². The number of Topliss-reactive ketones (excluding diaryl/α,β-unsaturated/α-hetero) is 1. The molecule has 27 heavy (non-hydrogen) atoms. The van der Waals surface area contributed by atoms with E-state index in [-0.39, 0.29) is 29.4 Å². The number of fused-ring (bicyclic) bond motifs is 2. The minimum Gasteiger partial charge on any atom is -0.456 e. The number of carbonyl (C=O) groups is 4. The van der Waals surface area contributed by atoms with Crippen molar-refractivity contribution in [3.8, 4) is 0 Å². The Morgan fingerprint density at radius 2 is 1.74 bits per heavy atom. The van der Waals surface area contributed by atoms with Crippen LogP contribution >= 0.6 is 0 Å². The van der Waals surface area contributed by atoms with Crippen LogP contribution in [0.5, 0.6) is 0 Å². The van der Waals surface area contributed by atoms with Gasteiger partial charge in [-0.05, 0) is 18.9 Å². The summed E-state index contributed by atoms with van der Waals surface area (Å²) >= 11 is 0. The van der Waals surface area contributed by atoms with Gasteiger partial charge in [0.15, 0.2) is 6.61 Å². The third kappa shape index (κ3) is 3.05. The number of aromatic nitrogens is 1. The van der Waals surface area contributed by atoms with Gasteiger partial charge < -0.3 is 9.72 Å². The highest BCUT2D eigenvalue weighted by atomic mass is 16.5. The number of imide groups is 1. The number of hydrogen-bond acceptors (Lipinski definition) is 5. The van der Waals surface area contributed by atoms with E-state index in [2.05, 4.69) is 4.98 Å². The molecule has 1 aromatic heterocycles. The maximum Gasteiger partial charge on any atom is 0.326 e. The maximum atomic E-state index is 12.3. The summed E-state index contributed by atoms with van der Waals surface area (Å²) in [6.07, 6.45) is 6.37. The topological polar surface area (TPSA) is 96.5 Å². The van der Waals surface area contributed by atoms with Gasteiger partial charge in [0, 0.05) is 22.7 Å². The SMILES string of the molecule is O=C(CN1C(=O)[C@H]2CC=CC[C@H]2C1=O)OCC(=O)c1c[nH]c2ccccc12. The molecule has 2 amide bonds. The molecule has 7 nitrogen and oxygen atoms in total. The summed E-state index contributed by atoms with van der Waals surface area (Å²) in [6, 6.07) is 7.32. The molecule has 2 atom stereocenters. The van der Waals surface area contributed by atoms with E-state index in [9.17, 15) is 19.2 Å². The molecule has 1 aliphatic carbocycles. The van der Waals surface area contributed by atoms with Crippen LogP contribution in [0.4, 0.5) is 0 Å². The largest absolute Gasteiger partial charge is 0.456 e. The molecule has 1 fully saturated rings. The zero-order valence-electron chi connectivity index (χ0n) is 14.5. The lowest BCUT2D eigenvalue weighted by atomic mass is 9.85. The van der Waals surface area contributed by atoms with Gasteiger partial charge in [-0.1, -0.05) is 30.4 Å². The third-order valence-electron chi connectivity index (χ3n) is 5.14. The Balaban J connectivity index is 1.37. The number of allylic oxidation sites excluding steroid dienone is 2. The molecule has 2 aliphatic rings. The second-order valence-electron chi connectivity index (χ2n) is 6.75. The van der Waals surface area contributed by atoms with Gasteiger partial charge in [-0.3, -0.25) is 24.1 Å². The molecular weight excluding hydrogens is 348 g/mol. The standard InChI is InChI=1S/C20H18N2O5/c23-17(15-9-21-16-8-4-3-5-12(15)16)11-27-18(24)10-22-19(25)13-6-1-2-7-14(13)20(22)26/h1-5,8-9,13-14,21H,6-7,10-11H2/t13-,14+. The predicted octanol–water partition coefficient (Wildman–Crippen LogP) is 1.84. The maximum absolute atomic E-state index is 12.3. The number of para-hydroxylation sites is 1. The molecule has 1 N–H and O–H groups in total. The molecule has 0 spiro atoms. The average Bonchev–Trinajstić information content (AvgIpc) is 3.22.